The maximum Gasteiger partial charge on any atom is 0.191 e. The van der Waals surface area contributed by atoms with Crippen molar-refractivity contribution in [1.82, 2.24) is 15.5 Å². The van der Waals surface area contributed by atoms with E-state index in [-0.39, 0.29) is 24.0 Å². The van der Waals surface area contributed by atoms with E-state index in [1.165, 1.54) is 37.1 Å². The van der Waals surface area contributed by atoms with Crippen LogP contribution in [0.15, 0.2) is 29.3 Å². The summed E-state index contributed by atoms with van der Waals surface area (Å²) in [6.07, 6.45) is 4.69. The summed E-state index contributed by atoms with van der Waals surface area (Å²) in [7, 11) is 1.84. The van der Waals surface area contributed by atoms with Crippen molar-refractivity contribution in [3.8, 4) is 0 Å². The fourth-order valence-corrected chi connectivity index (χ4v) is 4.06. The van der Waals surface area contributed by atoms with Crippen molar-refractivity contribution >= 4 is 29.9 Å². The minimum atomic E-state index is 0. The first-order valence-electron chi connectivity index (χ1n) is 11.2. The average Bonchev–Trinajstić information content (AvgIpc) is 3.44. The summed E-state index contributed by atoms with van der Waals surface area (Å²) in [6, 6.07) is 9.34. The first-order chi connectivity index (χ1) is 14.3. The second kappa shape index (κ2) is 14.2. The quantitative estimate of drug-likeness (QED) is 0.210. The number of rotatable bonds is 10. The number of guanidine groups is 1. The van der Waals surface area contributed by atoms with Crippen LogP contribution in [0.4, 0.5) is 0 Å². The number of hydrogen-bond acceptors (Lipinski definition) is 4. The molecule has 0 aliphatic carbocycles. The SMILES string of the molecule is CN=C(NCCCOCC1CCOC1)NCC(c1ccc(C)cc1)N1CCCC1.I. The number of nitrogens with zero attached hydrogens (tertiary/aromatic N) is 2. The highest BCUT2D eigenvalue weighted by Gasteiger charge is 2.23. The van der Waals surface area contributed by atoms with Gasteiger partial charge < -0.3 is 20.1 Å². The topological polar surface area (TPSA) is 58.1 Å². The summed E-state index contributed by atoms with van der Waals surface area (Å²) in [4.78, 5) is 6.98. The molecule has 170 valence electrons. The molecule has 0 radical (unpaired) electrons. The highest BCUT2D eigenvalue weighted by Crippen LogP contribution is 2.24. The van der Waals surface area contributed by atoms with Gasteiger partial charge in [-0.15, -0.1) is 24.0 Å². The minimum absolute atomic E-state index is 0. The summed E-state index contributed by atoms with van der Waals surface area (Å²) in [5, 5.41) is 6.96. The predicted molar refractivity (Wildman–Crippen MR) is 134 cm³/mol. The number of ether oxygens (including phenoxy) is 2. The predicted octanol–water partition coefficient (Wildman–Crippen LogP) is 3.36. The Kier molecular flexibility index (Phi) is 12.0. The normalized spacial score (nSPS) is 20.7. The first-order valence-corrected chi connectivity index (χ1v) is 11.2. The van der Waals surface area contributed by atoms with Crippen LogP contribution in [-0.2, 0) is 9.47 Å². The van der Waals surface area contributed by atoms with Gasteiger partial charge in [-0.1, -0.05) is 29.8 Å². The zero-order valence-electron chi connectivity index (χ0n) is 18.6. The number of benzene rings is 1. The Balaban J connectivity index is 0.00000320. The summed E-state index contributed by atoms with van der Waals surface area (Å²) < 4.78 is 11.2. The highest BCUT2D eigenvalue weighted by molar-refractivity contribution is 14.0. The lowest BCUT2D eigenvalue weighted by molar-refractivity contribution is 0.0888. The van der Waals surface area contributed by atoms with E-state index in [0.29, 0.717) is 12.0 Å². The van der Waals surface area contributed by atoms with Crippen LogP contribution in [0, 0.1) is 12.8 Å². The van der Waals surface area contributed by atoms with Gasteiger partial charge in [0, 0.05) is 39.3 Å². The molecule has 2 N–H and O–H groups in total. The van der Waals surface area contributed by atoms with E-state index in [0.717, 1.165) is 58.3 Å². The monoisotopic (exact) mass is 530 g/mol. The smallest absolute Gasteiger partial charge is 0.191 e. The third-order valence-electron chi connectivity index (χ3n) is 5.87. The number of likely N-dealkylation sites (tertiary alicyclic amines) is 1. The van der Waals surface area contributed by atoms with E-state index in [9.17, 15) is 0 Å². The molecule has 30 heavy (non-hydrogen) atoms. The van der Waals surface area contributed by atoms with Crippen molar-refractivity contribution in [2.45, 2.75) is 38.6 Å². The number of aryl methyl sites for hydroxylation is 1. The van der Waals surface area contributed by atoms with E-state index < -0.39 is 0 Å². The van der Waals surface area contributed by atoms with Crippen molar-refractivity contribution in [2.24, 2.45) is 10.9 Å². The van der Waals surface area contributed by atoms with E-state index in [1.807, 2.05) is 7.05 Å². The van der Waals surface area contributed by atoms with Crippen LogP contribution in [0.5, 0.6) is 0 Å². The average molecular weight is 530 g/mol. The molecule has 1 aromatic carbocycles. The summed E-state index contributed by atoms with van der Waals surface area (Å²) in [5.41, 5.74) is 2.69. The van der Waals surface area contributed by atoms with Crippen molar-refractivity contribution in [1.29, 1.82) is 0 Å². The van der Waals surface area contributed by atoms with Crippen LogP contribution >= 0.6 is 24.0 Å². The van der Waals surface area contributed by atoms with Gasteiger partial charge in [-0.05, 0) is 51.3 Å². The molecule has 6 nitrogen and oxygen atoms in total. The summed E-state index contributed by atoms with van der Waals surface area (Å²) in [5.74, 6) is 1.45. The van der Waals surface area contributed by atoms with Crippen LogP contribution < -0.4 is 10.6 Å². The maximum absolute atomic E-state index is 5.78. The molecular weight excluding hydrogens is 491 g/mol. The van der Waals surface area contributed by atoms with Gasteiger partial charge >= 0.3 is 0 Å². The molecular formula is C23H39IN4O2. The first kappa shape index (κ1) is 25.4. The molecule has 0 spiro atoms. The highest BCUT2D eigenvalue weighted by atomic mass is 127. The molecule has 1 aromatic rings. The number of nitrogens with one attached hydrogen (secondary N) is 2. The molecule has 2 unspecified atom stereocenters. The minimum Gasteiger partial charge on any atom is -0.381 e. The fraction of sp³-hybridized carbons (Fsp3) is 0.696. The van der Waals surface area contributed by atoms with Crippen LogP contribution in [0.25, 0.3) is 0 Å². The van der Waals surface area contributed by atoms with Crippen LogP contribution in [0.2, 0.25) is 0 Å². The molecule has 2 heterocycles. The molecule has 2 atom stereocenters. The van der Waals surface area contributed by atoms with Crippen LogP contribution in [0.3, 0.4) is 0 Å². The van der Waals surface area contributed by atoms with Crippen molar-refractivity contribution in [3.05, 3.63) is 35.4 Å². The Morgan fingerprint density at radius 1 is 1.23 bits per heavy atom. The van der Waals surface area contributed by atoms with Gasteiger partial charge in [0.1, 0.15) is 0 Å². The Bertz CT molecular complexity index is 614. The van der Waals surface area contributed by atoms with Gasteiger partial charge in [0.15, 0.2) is 5.96 Å². The van der Waals surface area contributed by atoms with E-state index >= 15 is 0 Å². The molecule has 3 rings (SSSR count). The molecule has 0 amide bonds. The zero-order valence-corrected chi connectivity index (χ0v) is 20.9. The van der Waals surface area contributed by atoms with Gasteiger partial charge in [0.2, 0.25) is 0 Å². The van der Waals surface area contributed by atoms with Gasteiger partial charge in [-0.2, -0.15) is 0 Å². The van der Waals surface area contributed by atoms with Gasteiger partial charge in [0.25, 0.3) is 0 Å². The van der Waals surface area contributed by atoms with E-state index in [2.05, 4.69) is 51.7 Å². The Labute approximate surface area is 199 Å². The molecule has 0 saturated carbocycles. The molecule has 2 aliphatic rings. The van der Waals surface area contributed by atoms with Crippen molar-refractivity contribution in [3.63, 3.8) is 0 Å². The third kappa shape index (κ3) is 8.32. The second-order valence-corrected chi connectivity index (χ2v) is 8.21. The van der Waals surface area contributed by atoms with Crippen molar-refractivity contribution < 1.29 is 9.47 Å². The standard InChI is InChI=1S/C23H38N4O2.HI/c1-19-6-8-21(9-7-19)22(27-12-3-4-13-27)16-26-23(24-2)25-11-5-14-28-17-20-10-15-29-18-20;/h6-9,20,22H,3-5,10-18H2,1-2H3,(H2,24,25,26);1H. The summed E-state index contributed by atoms with van der Waals surface area (Å²) in [6.45, 7) is 9.56. The Hall–Kier alpha value is -0.900. The lowest BCUT2D eigenvalue weighted by Gasteiger charge is -2.29. The van der Waals surface area contributed by atoms with Gasteiger partial charge in [-0.25, -0.2) is 0 Å². The molecule has 0 bridgehead atoms. The van der Waals surface area contributed by atoms with Crippen LogP contribution in [-0.4, -0.2) is 70.5 Å². The second-order valence-electron chi connectivity index (χ2n) is 8.21. The largest absolute Gasteiger partial charge is 0.381 e. The van der Waals surface area contributed by atoms with Gasteiger partial charge in [-0.3, -0.25) is 9.89 Å². The van der Waals surface area contributed by atoms with Gasteiger partial charge in [0.05, 0.1) is 19.3 Å². The number of halogens is 1. The lowest BCUT2D eigenvalue weighted by atomic mass is 10.0. The molecule has 2 fully saturated rings. The third-order valence-corrected chi connectivity index (χ3v) is 5.87. The maximum atomic E-state index is 5.78. The number of aliphatic imine (C=N–C) groups is 1. The summed E-state index contributed by atoms with van der Waals surface area (Å²) >= 11 is 0. The molecule has 2 saturated heterocycles. The zero-order chi connectivity index (χ0) is 20.3. The van der Waals surface area contributed by atoms with Crippen molar-refractivity contribution in [2.75, 3.05) is 59.7 Å². The Morgan fingerprint density at radius 3 is 2.67 bits per heavy atom. The Morgan fingerprint density at radius 2 is 2.00 bits per heavy atom. The lowest BCUT2D eigenvalue weighted by Crippen LogP contribution is -2.43. The fourth-order valence-electron chi connectivity index (χ4n) is 4.06. The van der Waals surface area contributed by atoms with Crippen LogP contribution in [0.1, 0.15) is 42.9 Å². The molecule has 2 aliphatic heterocycles. The van der Waals surface area contributed by atoms with E-state index in [4.69, 9.17) is 9.47 Å². The molecule has 0 aromatic heterocycles. The number of hydrogen-bond donors (Lipinski definition) is 2. The van der Waals surface area contributed by atoms with E-state index in [1.54, 1.807) is 0 Å². The molecule has 7 heteroatoms.